The number of nitrogens with one attached hydrogen (secondary N) is 1. The van der Waals surface area contributed by atoms with Crippen molar-refractivity contribution < 1.29 is 9.18 Å². The Bertz CT molecular complexity index is 1270. The molecule has 0 atom stereocenters. The van der Waals surface area contributed by atoms with Crippen molar-refractivity contribution in [3.63, 3.8) is 0 Å². The summed E-state index contributed by atoms with van der Waals surface area (Å²) in [7, 11) is 0. The lowest BCUT2D eigenvalue weighted by atomic mass is 10.0. The van der Waals surface area contributed by atoms with Gasteiger partial charge in [0.25, 0.3) is 11.5 Å². The van der Waals surface area contributed by atoms with E-state index in [1.807, 2.05) is 24.3 Å². The zero-order valence-corrected chi connectivity index (χ0v) is 17.4. The average Bonchev–Trinajstić information content (AvgIpc) is 3.21. The minimum Gasteiger partial charge on any atom is -0.350 e. The second-order valence-electron chi connectivity index (χ2n) is 7.70. The van der Waals surface area contributed by atoms with E-state index in [9.17, 15) is 14.0 Å². The van der Waals surface area contributed by atoms with Crippen molar-refractivity contribution in [2.24, 2.45) is 0 Å². The Hall–Kier alpha value is -3.74. The van der Waals surface area contributed by atoms with Gasteiger partial charge >= 0.3 is 0 Å². The van der Waals surface area contributed by atoms with Crippen LogP contribution >= 0.6 is 0 Å². The minimum atomic E-state index is -0.326. The summed E-state index contributed by atoms with van der Waals surface area (Å²) in [4.78, 5) is 25.2. The molecule has 0 aliphatic rings. The van der Waals surface area contributed by atoms with E-state index < -0.39 is 0 Å². The van der Waals surface area contributed by atoms with Gasteiger partial charge in [0.15, 0.2) is 0 Å². The second kappa shape index (κ2) is 8.55. The summed E-state index contributed by atoms with van der Waals surface area (Å²) in [6.07, 6.45) is 3.33. The van der Waals surface area contributed by atoms with Crippen LogP contribution in [0.2, 0.25) is 0 Å². The maximum atomic E-state index is 13.1. The van der Waals surface area contributed by atoms with Crippen LogP contribution in [0.15, 0.2) is 71.8 Å². The van der Waals surface area contributed by atoms with E-state index in [0.29, 0.717) is 35.8 Å². The molecule has 6 nitrogen and oxygen atoms in total. The Kier molecular flexibility index (Phi) is 5.66. The smallest absolute Gasteiger partial charge is 0.276 e. The van der Waals surface area contributed by atoms with E-state index in [4.69, 9.17) is 0 Å². The van der Waals surface area contributed by atoms with E-state index in [1.165, 1.54) is 26.8 Å². The maximum Gasteiger partial charge on any atom is 0.276 e. The third-order valence-corrected chi connectivity index (χ3v) is 5.22. The van der Waals surface area contributed by atoms with Crippen molar-refractivity contribution >= 4 is 11.4 Å². The van der Waals surface area contributed by atoms with Crippen molar-refractivity contribution in [3.8, 4) is 11.3 Å². The van der Waals surface area contributed by atoms with Gasteiger partial charge in [0.05, 0.1) is 5.69 Å². The first kappa shape index (κ1) is 20.5. The summed E-state index contributed by atoms with van der Waals surface area (Å²) in [5, 5.41) is 7.24. The zero-order chi connectivity index (χ0) is 22.0. The molecule has 0 unspecified atom stereocenters. The standard InChI is InChI=1S/C24H23FN4O2/c1-16(2)17-3-5-19(6-4-17)23(30)26-11-12-28-13-14-29-22(24(28)31)15-21(27-29)18-7-9-20(25)10-8-18/h3-10,13-16H,11-12H2,1-2H3,(H,26,30). The molecule has 0 radical (unpaired) electrons. The number of halogens is 1. The normalized spacial score (nSPS) is 11.2. The highest BCUT2D eigenvalue weighted by Gasteiger charge is 2.10. The maximum absolute atomic E-state index is 13.1. The molecule has 1 amide bonds. The lowest BCUT2D eigenvalue weighted by Crippen LogP contribution is -2.31. The van der Waals surface area contributed by atoms with Crippen LogP contribution in [0.5, 0.6) is 0 Å². The Morgan fingerprint density at radius 3 is 2.45 bits per heavy atom. The number of hydrogen-bond acceptors (Lipinski definition) is 3. The number of aromatic nitrogens is 3. The molecule has 0 saturated heterocycles. The molecule has 0 spiro atoms. The van der Waals surface area contributed by atoms with Crippen LogP contribution in [0.25, 0.3) is 16.8 Å². The molecule has 0 saturated carbocycles. The molecule has 158 valence electrons. The third-order valence-electron chi connectivity index (χ3n) is 5.22. The van der Waals surface area contributed by atoms with Gasteiger partial charge in [-0.25, -0.2) is 8.91 Å². The predicted molar refractivity (Wildman–Crippen MR) is 118 cm³/mol. The number of amides is 1. The van der Waals surface area contributed by atoms with Crippen LogP contribution in [0.4, 0.5) is 4.39 Å². The van der Waals surface area contributed by atoms with E-state index in [-0.39, 0.29) is 17.3 Å². The number of nitrogens with zero attached hydrogens (tertiary/aromatic N) is 3. The molecular formula is C24H23FN4O2. The van der Waals surface area contributed by atoms with Gasteiger partial charge in [-0.2, -0.15) is 5.10 Å². The first-order chi connectivity index (χ1) is 14.9. The first-order valence-electron chi connectivity index (χ1n) is 10.2. The summed E-state index contributed by atoms with van der Waals surface area (Å²) in [5.74, 6) is -0.0915. The number of fused-ring (bicyclic) bond motifs is 1. The second-order valence-corrected chi connectivity index (χ2v) is 7.70. The summed E-state index contributed by atoms with van der Waals surface area (Å²) >= 11 is 0. The summed E-state index contributed by atoms with van der Waals surface area (Å²) in [6, 6.07) is 15.2. The van der Waals surface area contributed by atoms with E-state index in [0.717, 1.165) is 5.56 Å². The van der Waals surface area contributed by atoms with Gasteiger partial charge in [-0.05, 0) is 53.9 Å². The van der Waals surface area contributed by atoms with Gasteiger partial charge in [0.2, 0.25) is 0 Å². The minimum absolute atomic E-state index is 0.174. The van der Waals surface area contributed by atoms with Gasteiger partial charge in [-0.1, -0.05) is 26.0 Å². The van der Waals surface area contributed by atoms with Gasteiger partial charge in [0, 0.05) is 36.6 Å². The van der Waals surface area contributed by atoms with Crippen LogP contribution in [-0.4, -0.2) is 26.6 Å². The van der Waals surface area contributed by atoms with Crippen LogP contribution in [0.1, 0.15) is 35.7 Å². The first-order valence-corrected chi connectivity index (χ1v) is 10.2. The van der Waals surface area contributed by atoms with Gasteiger partial charge < -0.3 is 9.88 Å². The number of benzene rings is 2. The Labute approximate surface area is 179 Å². The lowest BCUT2D eigenvalue weighted by molar-refractivity contribution is 0.0952. The molecule has 1 N–H and O–H groups in total. The monoisotopic (exact) mass is 418 g/mol. The van der Waals surface area contributed by atoms with Gasteiger partial charge in [-0.3, -0.25) is 9.59 Å². The van der Waals surface area contributed by atoms with Crippen molar-refractivity contribution in [3.05, 3.63) is 94.3 Å². The summed E-state index contributed by atoms with van der Waals surface area (Å²) in [5.41, 5.74) is 3.29. The summed E-state index contributed by atoms with van der Waals surface area (Å²) < 4.78 is 16.2. The lowest BCUT2D eigenvalue weighted by Gasteiger charge is -2.09. The van der Waals surface area contributed by atoms with Crippen LogP contribution < -0.4 is 10.9 Å². The van der Waals surface area contributed by atoms with Crippen molar-refractivity contribution in [2.45, 2.75) is 26.3 Å². The fourth-order valence-corrected chi connectivity index (χ4v) is 3.38. The average molecular weight is 418 g/mol. The third kappa shape index (κ3) is 4.40. The highest BCUT2D eigenvalue weighted by atomic mass is 19.1. The quantitative estimate of drug-likeness (QED) is 0.517. The molecule has 4 rings (SSSR count). The Morgan fingerprint density at radius 1 is 1.06 bits per heavy atom. The summed E-state index contributed by atoms with van der Waals surface area (Å²) in [6.45, 7) is 4.86. The van der Waals surface area contributed by atoms with Crippen LogP contribution in [0, 0.1) is 5.82 Å². The zero-order valence-electron chi connectivity index (χ0n) is 17.4. The van der Waals surface area contributed by atoms with Crippen LogP contribution in [-0.2, 0) is 6.54 Å². The topological polar surface area (TPSA) is 68.4 Å². The molecule has 7 heteroatoms. The Morgan fingerprint density at radius 2 is 1.77 bits per heavy atom. The number of carbonyl (C=O) groups is 1. The molecule has 31 heavy (non-hydrogen) atoms. The van der Waals surface area contributed by atoms with Gasteiger partial charge in [0.1, 0.15) is 11.3 Å². The molecule has 0 fully saturated rings. The van der Waals surface area contributed by atoms with E-state index >= 15 is 0 Å². The molecule has 2 aromatic carbocycles. The highest BCUT2D eigenvalue weighted by Crippen LogP contribution is 2.19. The fourth-order valence-electron chi connectivity index (χ4n) is 3.38. The molecular weight excluding hydrogens is 395 g/mol. The van der Waals surface area contributed by atoms with E-state index in [2.05, 4.69) is 24.3 Å². The molecule has 4 aromatic rings. The van der Waals surface area contributed by atoms with Crippen LogP contribution in [0.3, 0.4) is 0 Å². The fraction of sp³-hybridized carbons (Fsp3) is 0.208. The number of carbonyl (C=O) groups excluding carboxylic acids is 1. The number of hydrogen-bond donors (Lipinski definition) is 1. The van der Waals surface area contributed by atoms with Crippen molar-refractivity contribution in [1.29, 1.82) is 0 Å². The van der Waals surface area contributed by atoms with Crippen molar-refractivity contribution in [1.82, 2.24) is 19.5 Å². The van der Waals surface area contributed by atoms with Crippen molar-refractivity contribution in [2.75, 3.05) is 6.54 Å². The predicted octanol–water partition coefficient (Wildman–Crippen LogP) is 3.86. The number of rotatable bonds is 6. The molecule has 2 aromatic heterocycles. The molecule has 2 heterocycles. The molecule has 0 aliphatic heterocycles. The Balaban J connectivity index is 1.45. The largest absolute Gasteiger partial charge is 0.350 e. The molecule has 0 bridgehead atoms. The molecule has 0 aliphatic carbocycles. The SMILES string of the molecule is CC(C)c1ccc(C(=O)NCCn2ccn3nc(-c4ccc(F)cc4)cc3c2=O)cc1. The highest BCUT2D eigenvalue weighted by molar-refractivity contribution is 5.94. The van der Waals surface area contributed by atoms with Gasteiger partial charge in [-0.15, -0.1) is 0 Å². The van der Waals surface area contributed by atoms with E-state index in [1.54, 1.807) is 30.6 Å².